The summed E-state index contributed by atoms with van der Waals surface area (Å²) in [6.45, 7) is 5.25. The minimum absolute atomic E-state index is 0.105. The van der Waals surface area contributed by atoms with E-state index >= 15 is 0 Å². The lowest BCUT2D eigenvalue weighted by Gasteiger charge is -2.18. The van der Waals surface area contributed by atoms with Crippen LogP contribution in [0, 0.1) is 15.5 Å². The highest BCUT2D eigenvalue weighted by Gasteiger charge is 2.21. The minimum Gasteiger partial charge on any atom is -0.297 e. The Kier molecular flexibility index (Phi) is 4.13. The van der Waals surface area contributed by atoms with Crippen LogP contribution in [0.25, 0.3) is 0 Å². The maximum absolute atomic E-state index is 11.6. The molecule has 0 aliphatic rings. The summed E-state index contributed by atoms with van der Waals surface area (Å²) in [6, 6.07) is 3.94. The molecule has 2 N–H and O–H groups in total. The summed E-state index contributed by atoms with van der Waals surface area (Å²) in [5, 5.41) is 10.9. The number of hydrogen-bond acceptors (Lipinski definition) is 4. The second kappa shape index (κ2) is 5.22. The monoisotopic (exact) mass is 271 g/mol. The Balaban J connectivity index is 2.82. The van der Waals surface area contributed by atoms with Crippen molar-refractivity contribution in [1.82, 2.24) is 5.43 Å². The number of nitro benzene ring substituents is 1. The molecule has 1 amide bonds. The molecule has 0 spiro atoms. The maximum atomic E-state index is 11.6. The Hall–Kier alpha value is -1.82. The lowest BCUT2D eigenvalue weighted by molar-refractivity contribution is -0.384. The number of anilines is 1. The molecular formula is C11H14ClN3O3. The van der Waals surface area contributed by atoms with Crippen molar-refractivity contribution in [2.24, 2.45) is 5.41 Å². The average Bonchev–Trinajstić information content (AvgIpc) is 2.25. The molecule has 98 valence electrons. The van der Waals surface area contributed by atoms with Crippen LogP contribution in [0.5, 0.6) is 0 Å². The summed E-state index contributed by atoms with van der Waals surface area (Å²) in [5.41, 5.74) is 4.64. The molecule has 7 heteroatoms. The first kappa shape index (κ1) is 14.2. The topological polar surface area (TPSA) is 84.3 Å². The van der Waals surface area contributed by atoms with Crippen LogP contribution in [0.2, 0.25) is 5.02 Å². The number of hydrazine groups is 1. The zero-order valence-electron chi connectivity index (χ0n) is 10.3. The van der Waals surface area contributed by atoms with E-state index in [-0.39, 0.29) is 22.3 Å². The molecule has 0 radical (unpaired) electrons. The van der Waals surface area contributed by atoms with E-state index in [0.29, 0.717) is 0 Å². The van der Waals surface area contributed by atoms with Crippen molar-refractivity contribution in [3.05, 3.63) is 33.3 Å². The predicted molar refractivity (Wildman–Crippen MR) is 69.3 cm³/mol. The third-order valence-corrected chi connectivity index (χ3v) is 2.48. The van der Waals surface area contributed by atoms with E-state index in [1.807, 2.05) is 0 Å². The van der Waals surface area contributed by atoms with Crippen LogP contribution < -0.4 is 10.9 Å². The van der Waals surface area contributed by atoms with E-state index in [2.05, 4.69) is 10.9 Å². The second-order valence-corrected chi connectivity index (χ2v) is 5.16. The molecule has 6 nitrogen and oxygen atoms in total. The van der Waals surface area contributed by atoms with Gasteiger partial charge in [0.05, 0.1) is 15.6 Å². The van der Waals surface area contributed by atoms with Crippen molar-refractivity contribution in [2.45, 2.75) is 20.8 Å². The van der Waals surface area contributed by atoms with Gasteiger partial charge in [-0.05, 0) is 6.07 Å². The van der Waals surface area contributed by atoms with E-state index in [0.717, 1.165) is 0 Å². The number of amides is 1. The number of nitrogens with one attached hydrogen (secondary N) is 2. The molecule has 0 aliphatic heterocycles. The van der Waals surface area contributed by atoms with Gasteiger partial charge in [0.1, 0.15) is 0 Å². The summed E-state index contributed by atoms with van der Waals surface area (Å²) < 4.78 is 0. The molecule has 1 rings (SSSR count). The Morgan fingerprint density at radius 2 is 2.00 bits per heavy atom. The maximum Gasteiger partial charge on any atom is 0.271 e. The fraction of sp³-hybridized carbons (Fsp3) is 0.364. The highest BCUT2D eigenvalue weighted by atomic mass is 35.5. The molecule has 0 atom stereocenters. The van der Waals surface area contributed by atoms with Gasteiger partial charge < -0.3 is 0 Å². The highest BCUT2D eigenvalue weighted by molar-refractivity contribution is 6.33. The van der Waals surface area contributed by atoms with Gasteiger partial charge >= 0.3 is 0 Å². The number of nitrogens with zero attached hydrogens (tertiary/aromatic N) is 1. The highest BCUT2D eigenvalue weighted by Crippen LogP contribution is 2.26. The number of rotatable bonds is 3. The van der Waals surface area contributed by atoms with Crippen LogP contribution in [0.15, 0.2) is 18.2 Å². The molecule has 0 aromatic heterocycles. The van der Waals surface area contributed by atoms with Crippen LogP contribution in [0.4, 0.5) is 11.4 Å². The number of halogens is 1. The minimum atomic E-state index is -0.569. The number of non-ortho nitro benzene ring substituents is 1. The van der Waals surface area contributed by atoms with Crippen LogP contribution >= 0.6 is 11.6 Å². The quantitative estimate of drug-likeness (QED) is 0.654. The van der Waals surface area contributed by atoms with Gasteiger partial charge in [-0.25, -0.2) is 0 Å². The molecule has 0 heterocycles. The zero-order valence-corrected chi connectivity index (χ0v) is 11.0. The first-order valence-corrected chi connectivity index (χ1v) is 5.60. The van der Waals surface area contributed by atoms with Gasteiger partial charge in [-0.3, -0.25) is 25.8 Å². The van der Waals surface area contributed by atoms with E-state index < -0.39 is 10.3 Å². The molecule has 0 saturated carbocycles. The van der Waals surface area contributed by atoms with Crippen molar-refractivity contribution in [3.8, 4) is 0 Å². The van der Waals surface area contributed by atoms with E-state index in [9.17, 15) is 14.9 Å². The Morgan fingerprint density at radius 1 is 1.39 bits per heavy atom. The lowest BCUT2D eigenvalue weighted by atomic mass is 9.96. The van der Waals surface area contributed by atoms with Crippen molar-refractivity contribution in [1.29, 1.82) is 0 Å². The molecular weight excluding hydrogens is 258 g/mol. The average molecular weight is 272 g/mol. The first-order valence-electron chi connectivity index (χ1n) is 5.22. The third kappa shape index (κ3) is 3.59. The normalized spacial score (nSPS) is 10.9. The smallest absolute Gasteiger partial charge is 0.271 e. The van der Waals surface area contributed by atoms with Gasteiger partial charge in [-0.2, -0.15) is 0 Å². The zero-order chi connectivity index (χ0) is 13.9. The van der Waals surface area contributed by atoms with Gasteiger partial charge in [-0.1, -0.05) is 32.4 Å². The van der Waals surface area contributed by atoms with Crippen LogP contribution in [0.1, 0.15) is 20.8 Å². The van der Waals surface area contributed by atoms with Crippen LogP contribution in [-0.4, -0.2) is 10.8 Å². The summed E-state index contributed by atoms with van der Waals surface area (Å²) >= 11 is 5.86. The molecule has 0 saturated heterocycles. The molecule has 0 fully saturated rings. The molecule has 1 aromatic carbocycles. The number of carbonyl (C=O) groups is 1. The SMILES string of the molecule is CC(C)(C)C(=O)NNc1cc([N+](=O)[O-])ccc1Cl. The third-order valence-electron chi connectivity index (χ3n) is 2.15. The van der Waals surface area contributed by atoms with Crippen LogP contribution in [-0.2, 0) is 4.79 Å². The first-order chi connectivity index (χ1) is 8.21. The van der Waals surface area contributed by atoms with Gasteiger partial charge in [0.25, 0.3) is 5.69 Å². The number of nitro groups is 1. The molecule has 0 aliphatic carbocycles. The van der Waals surface area contributed by atoms with Crippen molar-refractivity contribution in [2.75, 3.05) is 5.43 Å². The standard InChI is InChI=1S/C11H14ClN3O3/c1-11(2,3)10(16)14-13-9-6-7(15(17)18)4-5-8(9)12/h4-6,13H,1-3H3,(H,14,16). The van der Waals surface area contributed by atoms with E-state index in [1.54, 1.807) is 20.8 Å². The molecule has 0 unspecified atom stereocenters. The van der Waals surface area contributed by atoms with Crippen molar-refractivity contribution < 1.29 is 9.72 Å². The van der Waals surface area contributed by atoms with Gasteiger partial charge in [0, 0.05) is 17.5 Å². The largest absolute Gasteiger partial charge is 0.297 e. The van der Waals surface area contributed by atoms with Gasteiger partial charge in [0.15, 0.2) is 0 Å². The van der Waals surface area contributed by atoms with Gasteiger partial charge in [0.2, 0.25) is 5.91 Å². The number of carbonyl (C=O) groups excluding carboxylic acids is 1. The fourth-order valence-electron chi connectivity index (χ4n) is 1.03. The van der Waals surface area contributed by atoms with Crippen molar-refractivity contribution >= 4 is 28.9 Å². The number of hydrogen-bond donors (Lipinski definition) is 2. The van der Waals surface area contributed by atoms with E-state index in [1.165, 1.54) is 18.2 Å². The summed E-state index contributed by atoms with van der Waals surface area (Å²) in [6.07, 6.45) is 0. The fourth-order valence-corrected chi connectivity index (χ4v) is 1.20. The Bertz CT molecular complexity index is 483. The van der Waals surface area contributed by atoms with E-state index in [4.69, 9.17) is 11.6 Å². The molecule has 1 aromatic rings. The summed E-state index contributed by atoms with van der Waals surface area (Å²) in [7, 11) is 0. The summed E-state index contributed by atoms with van der Waals surface area (Å²) in [4.78, 5) is 21.7. The van der Waals surface area contributed by atoms with Crippen LogP contribution in [0.3, 0.4) is 0 Å². The Labute approximate surface area is 109 Å². The lowest BCUT2D eigenvalue weighted by Crippen LogP contribution is -2.38. The molecule has 0 bridgehead atoms. The molecule has 18 heavy (non-hydrogen) atoms. The van der Waals surface area contributed by atoms with Crippen molar-refractivity contribution in [3.63, 3.8) is 0 Å². The van der Waals surface area contributed by atoms with Gasteiger partial charge in [-0.15, -0.1) is 0 Å². The summed E-state index contributed by atoms with van der Waals surface area (Å²) in [5.74, 6) is -0.245. The predicted octanol–water partition coefficient (Wildman–Crippen LogP) is 2.74. The number of benzene rings is 1. The second-order valence-electron chi connectivity index (χ2n) is 4.75. The Morgan fingerprint density at radius 3 is 2.50 bits per heavy atom.